The predicted molar refractivity (Wildman–Crippen MR) is 84.8 cm³/mol. The van der Waals surface area contributed by atoms with E-state index in [1.165, 1.54) is 9.80 Å². The Morgan fingerprint density at radius 2 is 1.84 bits per heavy atom. The number of ether oxygens (including phenoxy) is 1. The largest absolute Gasteiger partial charge is 0.465 e. The van der Waals surface area contributed by atoms with Crippen molar-refractivity contribution in [2.45, 2.75) is 6.04 Å². The van der Waals surface area contributed by atoms with Crippen molar-refractivity contribution >= 4 is 23.6 Å². The number of piperazine rings is 1. The van der Waals surface area contributed by atoms with Crippen LogP contribution in [0, 0.1) is 11.6 Å². The molecular weight excluding hydrogens is 338 g/mol. The van der Waals surface area contributed by atoms with E-state index in [2.05, 4.69) is 0 Å². The first kappa shape index (κ1) is 17.2. The number of hydrogen-bond acceptors (Lipinski definition) is 5. The van der Waals surface area contributed by atoms with Crippen molar-refractivity contribution in [3.8, 4) is 0 Å². The third-order valence-corrected chi connectivity index (χ3v) is 4.38. The molecule has 10 heteroatoms. The average Bonchev–Trinajstić information content (AvgIpc) is 2.95. The van der Waals surface area contributed by atoms with E-state index < -0.39 is 29.9 Å². The molecule has 0 bridgehead atoms. The normalized spacial score (nSPS) is 20.8. The summed E-state index contributed by atoms with van der Waals surface area (Å²) in [7, 11) is 0. The lowest BCUT2D eigenvalue weighted by Gasteiger charge is -2.35. The van der Waals surface area contributed by atoms with Gasteiger partial charge in [0.1, 0.15) is 12.3 Å². The molecule has 0 saturated carbocycles. The van der Waals surface area contributed by atoms with Crippen LogP contribution in [0.2, 0.25) is 0 Å². The quantitative estimate of drug-likeness (QED) is 0.840. The Morgan fingerprint density at radius 3 is 2.36 bits per heavy atom. The van der Waals surface area contributed by atoms with E-state index in [4.69, 9.17) is 15.6 Å². The molecule has 1 atom stereocenters. The summed E-state index contributed by atoms with van der Waals surface area (Å²) in [6.07, 6.45) is -1.76. The predicted octanol–water partition coefficient (Wildman–Crippen LogP) is 1.05. The van der Waals surface area contributed by atoms with E-state index >= 15 is 0 Å². The first-order valence-corrected chi connectivity index (χ1v) is 7.80. The summed E-state index contributed by atoms with van der Waals surface area (Å²) < 4.78 is 34.0. The Labute approximate surface area is 142 Å². The minimum Gasteiger partial charge on any atom is -0.465 e. The molecule has 136 valence electrons. The molecule has 2 amide bonds. The maximum Gasteiger partial charge on any atom is 0.414 e. The van der Waals surface area contributed by atoms with Crippen molar-refractivity contribution in [1.82, 2.24) is 4.90 Å². The molecule has 2 aliphatic heterocycles. The molecule has 2 fully saturated rings. The number of nitrogens with two attached hydrogens (primary N) is 1. The van der Waals surface area contributed by atoms with Crippen molar-refractivity contribution < 1.29 is 28.2 Å². The number of carbonyl (C=O) groups is 2. The number of halogens is 2. The lowest BCUT2D eigenvalue weighted by atomic mass is 10.1. The topological polar surface area (TPSA) is 99.3 Å². The van der Waals surface area contributed by atoms with E-state index in [-0.39, 0.29) is 50.7 Å². The number of carbonyl (C=O) groups excluding carboxylic acids is 1. The van der Waals surface area contributed by atoms with Gasteiger partial charge in [-0.25, -0.2) is 18.4 Å². The number of anilines is 2. The van der Waals surface area contributed by atoms with Crippen molar-refractivity contribution in [3.05, 3.63) is 23.8 Å². The maximum absolute atomic E-state index is 14.5. The fourth-order valence-electron chi connectivity index (χ4n) is 3.06. The van der Waals surface area contributed by atoms with Gasteiger partial charge in [0.05, 0.1) is 11.7 Å². The van der Waals surface area contributed by atoms with Crippen LogP contribution in [0.1, 0.15) is 0 Å². The van der Waals surface area contributed by atoms with Gasteiger partial charge in [-0.15, -0.1) is 0 Å². The standard InChI is InChI=1S/C15H18F2N4O4/c16-11-5-9(21-10(7-18)8-25-15(21)24)6-12(17)13(11)19-1-3-20(4-2-19)14(22)23/h5-6,10H,1-4,7-8,18H2,(H,22,23)/t10-/m0/s1. The zero-order chi connectivity index (χ0) is 18.1. The van der Waals surface area contributed by atoms with Gasteiger partial charge in [0, 0.05) is 44.9 Å². The van der Waals surface area contributed by atoms with Crippen LogP contribution in [0.5, 0.6) is 0 Å². The molecule has 0 aromatic heterocycles. The fraction of sp³-hybridized carbons (Fsp3) is 0.467. The number of rotatable bonds is 3. The molecule has 2 aliphatic rings. The van der Waals surface area contributed by atoms with Crippen molar-refractivity contribution in [3.63, 3.8) is 0 Å². The van der Waals surface area contributed by atoms with E-state index in [1.54, 1.807) is 0 Å². The van der Waals surface area contributed by atoms with Crippen LogP contribution in [0.25, 0.3) is 0 Å². The maximum atomic E-state index is 14.5. The monoisotopic (exact) mass is 356 g/mol. The average molecular weight is 356 g/mol. The van der Waals surface area contributed by atoms with Crippen molar-refractivity contribution in [1.29, 1.82) is 0 Å². The number of carboxylic acid groups (broad SMARTS) is 1. The molecule has 3 rings (SSSR count). The minimum absolute atomic E-state index is 0.0425. The molecule has 1 aromatic rings. The van der Waals surface area contributed by atoms with E-state index in [0.29, 0.717) is 0 Å². The Hall–Kier alpha value is -2.62. The zero-order valence-corrected chi connectivity index (χ0v) is 13.3. The number of benzene rings is 1. The molecule has 8 nitrogen and oxygen atoms in total. The molecule has 0 spiro atoms. The lowest BCUT2D eigenvalue weighted by molar-refractivity contribution is 0.142. The lowest BCUT2D eigenvalue weighted by Crippen LogP contribution is -2.48. The van der Waals surface area contributed by atoms with Crippen LogP contribution in [0.15, 0.2) is 12.1 Å². The molecule has 25 heavy (non-hydrogen) atoms. The highest BCUT2D eigenvalue weighted by Crippen LogP contribution is 2.32. The highest BCUT2D eigenvalue weighted by Gasteiger charge is 2.35. The van der Waals surface area contributed by atoms with E-state index in [1.807, 2.05) is 0 Å². The SMILES string of the molecule is NC[C@H]1COC(=O)N1c1cc(F)c(N2CCN(C(=O)O)CC2)c(F)c1. The summed E-state index contributed by atoms with van der Waals surface area (Å²) in [5.74, 6) is -1.65. The van der Waals surface area contributed by atoms with Crippen molar-refractivity contribution in [2.75, 3.05) is 49.1 Å². The second kappa shape index (κ2) is 6.71. The Morgan fingerprint density at radius 1 is 1.24 bits per heavy atom. The molecule has 2 heterocycles. The third kappa shape index (κ3) is 3.16. The van der Waals surface area contributed by atoms with Crippen LogP contribution in [0.3, 0.4) is 0 Å². The van der Waals surface area contributed by atoms with Gasteiger partial charge in [0.15, 0.2) is 11.6 Å². The van der Waals surface area contributed by atoms with E-state index in [0.717, 1.165) is 17.0 Å². The Balaban J connectivity index is 1.84. The Bertz CT molecular complexity index is 671. The minimum atomic E-state index is -1.06. The van der Waals surface area contributed by atoms with Crippen LogP contribution in [-0.2, 0) is 4.74 Å². The molecular formula is C15H18F2N4O4. The van der Waals surface area contributed by atoms with Crippen LogP contribution in [-0.4, -0.2) is 67.6 Å². The molecule has 3 N–H and O–H groups in total. The van der Waals surface area contributed by atoms with Crippen LogP contribution >= 0.6 is 0 Å². The molecule has 0 radical (unpaired) electrons. The summed E-state index contributed by atoms with van der Waals surface area (Å²) in [4.78, 5) is 26.5. The zero-order valence-electron chi connectivity index (χ0n) is 13.3. The van der Waals surface area contributed by atoms with Crippen LogP contribution < -0.4 is 15.5 Å². The fourth-order valence-corrected chi connectivity index (χ4v) is 3.06. The second-order valence-electron chi connectivity index (χ2n) is 5.85. The van der Waals surface area contributed by atoms with Crippen LogP contribution in [0.4, 0.5) is 29.7 Å². The third-order valence-electron chi connectivity index (χ3n) is 4.38. The second-order valence-corrected chi connectivity index (χ2v) is 5.85. The number of nitrogens with zero attached hydrogens (tertiary/aromatic N) is 3. The smallest absolute Gasteiger partial charge is 0.414 e. The first-order chi connectivity index (χ1) is 11.9. The highest BCUT2D eigenvalue weighted by molar-refractivity contribution is 5.90. The van der Waals surface area contributed by atoms with Gasteiger partial charge in [-0.2, -0.15) is 0 Å². The van der Waals surface area contributed by atoms with E-state index in [9.17, 15) is 18.4 Å². The molecule has 2 saturated heterocycles. The van der Waals surface area contributed by atoms with Gasteiger partial charge < -0.3 is 25.4 Å². The number of cyclic esters (lactones) is 1. The number of amides is 2. The molecule has 0 unspecified atom stereocenters. The highest BCUT2D eigenvalue weighted by atomic mass is 19.1. The first-order valence-electron chi connectivity index (χ1n) is 7.80. The summed E-state index contributed by atoms with van der Waals surface area (Å²) in [6.45, 7) is 0.839. The summed E-state index contributed by atoms with van der Waals surface area (Å²) in [5, 5.41) is 8.93. The van der Waals surface area contributed by atoms with Gasteiger partial charge in [-0.05, 0) is 0 Å². The van der Waals surface area contributed by atoms with Gasteiger partial charge >= 0.3 is 12.2 Å². The van der Waals surface area contributed by atoms with Gasteiger partial charge in [0.25, 0.3) is 0 Å². The summed E-state index contributed by atoms with van der Waals surface area (Å²) >= 11 is 0. The van der Waals surface area contributed by atoms with Gasteiger partial charge in [0.2, 0.25) is 0 Å². The van der Waals surface area contributed by atoms with Gasteiger partial charge in [-0.1, -0.05) is 0 Å². The molecule has 1 aromatic carbocycles. The van der Waals surface area contributed by atoms with Gasteiger partial charge in [-0.3, -0.25) is 4.90 Å². The summed E-state index contributed by atoms with van der Waals surface area (Å²) in [6, 6.07) is 1.66. The molecule has 0 aliphatic carbocycles. The number of hydrogen-bond donors (Lipinski definition) is 2. The Kier molecular flexibility index (Phi) is 4.62. The summed E-state index contributed by atoms with van der Waals surface area (Å²) in [5.41, 5.74) is 5.37. The van der Waals surface area contributed by atoms with Crippen molar-refractivity contribution in [2.24, 2.45) is 5.73 Å².